The molecular formula is C46H44BF20N. The molecule has 2 saturated carbocycles. The fraction of sp³-hybridized carbons (Fsp3) is 0.478. The first-order valence-corrected chi connectivity index (χ1v) is 21.6. The number of rotatable bonds is 10. The van der Waals surface area contributed by atoms with Crippen LogP contribution in [-0.4, -0.2) is 18.2 Å². The van der Waals surface area contributed by atoms with E-state index in [1.165, 1.54) is 64.2 Å². The van der Waals surface area contributed by atoms with Crippen molar-refractivity contribution in [3.8, 4) is 0 Å². The Morgan fingerprint density at radius 2 is 0.441 bits per heavy atom. The third-order valence-corrected chi connectivity index (χ3v) is 15.0. The van der Waals surface area contributed by atoms with E-state index in [0.717, 1.165) is 23.9 Å². The van der Waals surface area contributed by atoms with E-state index in [-0.39, 0.29) is 0 Å². The van der Waals surface area contributed by atoms with E-state index < -0.39 is 144 Å². The van der Waals surface area contributed by atoms with Crippen LogP contribution in [0.4, 0.5) is 87.8 Å². The number of hydrogen-bond acceptors (Lipinski definition) is 0. The summed E-state index contributed by atoms with van der Waals surface area (Å²) in [6.45, 7) is 15.0. The molecule has 2 unspecified atom stereocenters. The first kappa shape index (κ1) is 54.4. The number of halogens is 20. The Hall–Kier alpha value is -4.50. The van der Waals surface area contributed by atoms with Crippen LogP contribution in [-0.2, 0) is 0 Å². The van der Waals surface area contributed by atoms with Crippen LogP contribution in [0.25, 0.3) is 0 Å². The van der Waals surface area contributed by atoms with Gasteiger partial charge < -0.3 is 5.32 Å². The third kappa shape index (κ3) is 8.42. The highest BCUT2D eigenvalue weighted by atomic mass is 19.2. The third-order valence-electron chi connectivity index (χ3n) is 15.0. The van der Waals surface area contributed by atoms with E-state index in [1.807, 2.05) is 0 Å². The van der Waals surface area contributed by atoms with Crippen molar-refractivity contribution in [3.63, 3.8) is 0 Å². The summed E-state index contributed by atoms with van der Waals surface area (Å²) in [5.41, 5.74) is -13.2. The smallest absolute Gasteiger partial charge is 0.200 e. The van der Waals surface area contributed by atoms with Gasteiger partial charge in [0.05, 0.1) is 12.1 Å². The Bertz CT molecular complexity index is 2150. The zero-order valence-corrected chi connectivity index (χ0v) is 37.1. The first-order valence-electron chi connectivity index (χ1n) is 21.6. The summed E-state index contributed by atoms with van der Waals surface area (Å²) in [5.74, 6) is -69.8. The molecule has 0 aliphatic heterocycles. The summed E-state index contributed by atoms with van der Waals surface area (Å²) in [6.07, 6.45) is 7.39. The van der Waals surface area contributed by atoms with E-state index in [4.69, 9.17) is 0 Å². The van der Waals surface area contributed by atoms with Gasteiger partial charge in [0, 0.05) is 10.8 Å². The minimum atomic E-state index is -7.22. The predicted molar refractivity (Wildman–Crippen MR) is 211 cm³/mol. The van der Waals surface area contributed by atoms with Gasteiger partial charge in [0.1, 0.15) is 52.7 Å². The van der Waals surface area contributed by atoms with Crippen molar-refractivity contribution in [1.29, 1.82) is 0 Å². The van der Waals surface area contributed by atoms with Crippen molar-refractivity contribution < 1.29 is 93.1 Å². The minimum Gasteiger partial charge on any atom is -0.341 e. The van der Waals surface area contributed by atoms with Crippen molar-refractivity contribution in [2.24, 2.45) is 22.7 Å². The maximum absolute atomic E-state index is 15.4. The summed E-state index contributed by atoms with van der Waals surface area (Å²) in [6, 6.07) is 1.55. The minimum absolute atomic E-state index is 0.583. The standard InChI is InChI=1S/C24BF20.C22H43N/c26-5-1(6(27)14(35)21(42)13(5)34)25(2-7(28)15(36)22(43)16(37)8(2)29,3-9(30)17(38)23(44)18(39)10(3)31)4-11(32)19(40)24(45)20(41)12(4)33;1-17(2)21(13-9-7-10-14-21)19(5)23-20(6)22(18(3)4)15-11-8-12-16-22/h;17-20,23H,7-16H2,1-6H3/q-1;/p+1. The second-order valence-corrected chi connectivity index (χ2v) is 18.5. The van der Waals surface area contributed by atoms with E-state index in [2.05, 4.69) is 46.9 Å². The highest BCUT2D eigenvalue weighted by molar-refractivity contribution is 7.20. The molecule has 2 aliphatic rings. The van der Waals surface area contributed by atoms with Crippen molar-refractivity contribution in [1.82, 2.24) is 0 Å². The number of quaternary nitrogens is 1. The van der Waals surface area contributed by atoms with Gasteiger partial charge in [-0.15, -0.1) is 21.9 Å². The van der Waals surface area contributed by atoms with E-state index in [9.17, 15) is 52.7 Å². The van der Waals surface area contributed by atoms with Crippen LogP contribution in [0.5, 0.6) is 0 Å². The van der Waals surface area contributed by atoms with Crippen molar-refractivity contribution >= 4 is 28.0 Å². The zero-order chi connectivity index (χ0) is 51.4. The Kier molecular flexibility index (Phi) is 16.1. The summed E-state index contributed by atoms with van der Waals surface area (Å²) < 4.78 is 294. The molecule has 376 valence electrons. The maximum Gasteiger partial charge on any atom is 0.200 e. The van der Waals surface area contributed by atoms with Crippen LogP contribution in [0.1, 0.15) is 106 Å². The highest BCUT2D eigenvalue weighted by Crippen LogP contribution is 2.47. The van der Waals surface area contributed by atoms with Crippen molar-refractivity contribution in [3.05, 3.63) is 116 Å². The summed E-state index contributed by atoms with van der Waals surface area (Å²) >= 11 is 0. The molecule has 4 aromatic carbocycles. The summed E-state index contributed by atoms with van der Waals surface area (Å²) in [5, 5.41) is 2.82. The van der Waals surface area contributed by atoms with Crippen LogP contribution in [0.15, 0.2) is 0 Å². The molecule has 6 rings (SSSR count). The Morgan fingerprint density at radius 1 is 0.279 bits per heavy atom. The van der Waals surface area contributed by atoms with Gasteiger partial charge >= 0.3 is 0 Å². The van der Waals surface area contributed by atoms with Crippen LogP contribution < -0.4 is 27.2 Å². The predicted octanol–water partition coefficient (Wildman–Crippen LogP) is 11.4. The molecule has 0 amide bonds. The quantitative estimate of drug-likeness (QED) is 0.0706. The molecule has 2 N–H and O–H groups in total. The molecule has 1 nitrogen and oxygen atoms in total. The van der Waals surface area contributed by atoms with Gasteiger partial charge in [-0.1, -0.05) is 66.2 Å². The van der Waals surface area contributed by atoms with Crippen LogP contribution in [0.2, 0.25) is 0 Å². The lowest BCUT2D eigenvalue weighted by Crippen LogP contribution is -2.99. The van der Waals surface area contributed by atoms with Gasteiger partial charge in [0.2, 0.25) is 0 Å². The first-order chi connectivity index (χ1) is 31.6. The molecule has 2 aliphatic carbocycles. The van der Waals surface area contributed by atoms with Gasteiger partial charge in [0.25, 0.3) is 0 Å². The molecule has 2 atom stereocenters. The molecule has 4 aromatic rings. The Balaban J connectivity index is 0.000000314. The normalized spacial score (nSPS) is 17.1. The molecule has 2 fully saturated rings. The molecule has 0 spiro atoms. The summed E-state index contributed by atoms with van der Waals surface area (Å²) in [4.78, 5) is 0. The van der Waals surface area contributed by atoms with Crippen molar-refractivity contribution in [2.45, 2.75) is 118 Å². The van der Waals surface area contributed by atoms with Crippen molar-refractivity contribution in [2.75, 3.05) is 0 Å². The molecule has 0 bridgehead atoms. The van der Waals surface area contributed by atoms with Gasteiger partial charge in [-0.25, -0.2) is 87.8 Å². The fourth-order valence-corrected chi connectivity index (χ4v) is 11.2. The average Bonchev–Trinajstić information content (AvgIpc) is 3.31. The van der Waals surface area contributed by atoms with Crippen LogP contribution in [0, 0.1) is 139 Å². The van der Waals surface area contributed by atoms with Gasteiger partial charge in [-0.2, -0.15) is 0 Å². The Labute approximate surface area is 377 Å². The molecule has 0 saturated heterocycles. The SMILES string of the molecule is CC(C)C1(C(C)[NH2+]C(C)C2(C(C)C)CCCCC2)CCCCC1.Fc1c(F)c(F)c([B-](c2c(F)c(F)c(F)c(F)c2F)(c2c(F)c(F)c(F)c(F)c2F)c2c(F)c(F)c(F)c(F)c2F)c(F)c1F. The molecular weight excluding hydrogens is 957 g/mol. The molecule has 22 heteroatoms. The highest BCUT2D eigenvalue weighted by Gasteiger charge is 2.53. The molecule has 68 heavy (non-hydrogen) atoms. The lowest BCUT2D eigenvalue weighted by Gasteiger charge is -2.49. The van der Waals surface area contributed by atoms with Gasteiger partial charge in [0.15, 0.2) is 69.8 Å². The monoisotopic (exact) mass is 1000 g/mol. The topological polar surface area (TPSA) is 16.6 Å². The van der Waals surface area contributed by atoms with E-state index >= 15 is 35.1 Å². The van der Waals surface area contributed by atoms with E-state index in [1.54, 1.807) is 0 Å². The number of hydrogen-bond donors (Lipinski definition) is 1. The molecule has 0 aromatic heterocycles. The van der Waals surface area contributed by atoms with Crippen LogP contribution in [0.3, 0.4) is 0 Å². The van der Waals surface area contributed by atoms with E-state index in [0.29, 0.717) is 10.8 Å². The molecule has 0 heterocycles. The average molecular weight is 1000 g/mol. The second kappa shape index (κ2) is 20.1. The summed E-state index contributed by atoms with van der Waals surface area (Å²) in [7, 11) is 0. The Morgan fingerprint density at radius 3 is 0.603 bits per heavy atom. The lowest BCUT2D eigenvalue weighted by molar-refractivity contribution is -0.743. The largest absolute Gasteiger partial charge is 0.341 e. The second-order valence-electron chi connectivity index (χ2n) is 18.5. The lowest BCUT2D eigenvalue weighted by atomic mass is 9.12. The number of benzene rings is 4. The molecule has 0 radical (unpaired) electrons. The van der Waals surface area contributed by atoms with Crippen LogP contribution >= 0.6 is 0 Å². The fourth-order valence-electron chi connectivity index (χ4n) is 11.2. The maximum atomic E-state index is 15.4. The zero-order valence-electron chi connectivity index (χ0n) is 37.1. The van der Waals surface area contributed by atoms with Gasteiger partial charge in [-0.3, -0.25) is 0 Å². The number of nitrogens with two attached hydrogens (primary N) is 1. The van der Waals surface area contributed by atoms with Gasteiger partial charge in [-0.05, 0) is 51.4 Å².